The number of halogens is 2. The molecule has 0 aliphatic heterocycles. The van der Waals surface area contributed by atoms with E-state index in [-0.39, 0.29) is 0 Å². The second-order valence-corrected chi connectivity index (χ2v) is 5.35. The van der Waals surface area contributed by atoms with Crippen molar-refractivity contribution in [3.8, 4) is 0 Å². The van der Waals surface area contributed by atoms with E-state index in [1.165, 1.54) is 0 Å². The monoisotopic (exact) mass is 289 g/mol. The minimum atomic E-state index is 0.351. The van der Waals surface area contributed by atoms with E-state index in [0.29, 0.717) is 21.6 Å². The lowest BCUT2D eigenvalue weighted by Gasteiger charge is -2.15. The van der Waals surface area contributed by atoms with Crippen LogP contribution in [-0.2, 0) is 0 Å². The second-order valence-electron chi connectivity index (χ2n) is 4.01. The van der Waals surface area contributed by atoms with Gasteiger partial charge in [0.25, 0.3) is 0 Å². The summed E-state index contributed by atoms with van der Waals surface area (Å²) in [4.78, 5) is 0. The van der Waals surface area contributed by atoms with Crippen molar-refractivity contribution in [3.63, 3.8) is 0 Å². The number of benzene rings is 1. The fourth-order valence-electron chi connectivity index (χ4n) is 1.76. The summed E-state index contributed by atoms with van der Waals surface area (Å²) in [6.45, 7) is 4.28. The second kappa shape index (κ2) is 5.38. The van der Waals surface area contributed by atoms with Crippen LogP contribution in [-0.4, -0.2) is 14.8 Å². The molecule has 1 unspecified atom stereocenters. The van der Waals surface area contributed by atoms with E-state index >= 15 is 0 Å². The lowest BCUT2D eigenvalue weighted by atomic mass is 10.1. The smallest absolute Gasteiger partial charge is 0.130 e. The van der Waals surface area contributed by atoms with Crippen LogP contribution < -0.4 is 5.32 Å². The Morgan fingerprint density at radius 3 is 2.71 bits per heavy atom. The van der Waals surface area contributed by atoms with Crippen molar-refractivity contribution in [2.75, 3.05) is 5.32 Å². The summed E-state index contributed by atoms with van der Waals surface area (Å²) in [5.41, 5.74) is 2.31. The Labute approximate surface area is 114 Å². The van der Waals surface area contributed by atoms with Gasteiger partial charge in [-0.15, -0.1) is 0 Å². The lowest BCUT2D eigenvalue weighted by Crippen LogP contribution is -2.15. The van der Waals surface area contributed by atoms with Crippen molar-refractivity contribution in [1.29, 1.82) is 0 Å². The highest BCUT2D eigenvalue weighted by molar-refractivity contribution is 7.00. The Kier molecular flexibility index (Phi) is 4.07. The number of aromatic nitrogens is 2. The van der Waals surface area contributed by atoms with Gasteiger partial charge < -0.3 is 5.32 Å². The minimum Gasteiger partial charge on any atom is -0.380 e. The fourth-order valence-corrected chi connectivity index (χ4v) is 2.93. The first-order valence-electron chi connectivity index (χ1n) is 5.50. The number of anilines is 1. The highest BCUT2D eigenvalue weighted by atomic mass is 35.5. The molecule has 1 N–H and O–H groups in total. The molecule has 2 rings (SSSR count). The average molecular weight is 290 g/mol. The van der Waals surface area contributed by atoms with Gasteiger partial charge in [0.1, 0.15) is 11.0 Å². The van der Waals surface area contributed by atoms with Crippen LogP contribution in [0.5, 0.6) is 0 Å². The van der Waals surface area contributed by atoms with Gasteiger partial charge in [0.15, 0.2) is 0 Å². The van der Waals surface area contributed by atoms with Gasteiger partial charge in [-0.1, -0.05) is 36.5 Å². The van der Waals surface area contributed by atoms with Crippen LogP contribution in [0.15, 0.2) is 6.07 Å². The Bertz CT molecular complexity index is 527. The molecule has 0 fully saturated rings. The first-order valence-corrected chi connectivity index (χ1v) is 6.99. The number of hydrogen-bond donors (Lipinski definition) is 1. The van der Waals surface area contributed by atoms with Gasteiger partial charge >= 0.3 is 0 Å². The van der Waals surface area contributed by atoms with Crippen LogP contribution in [0.4, 0.5) is 5.69 Å². The molecule has 2 aromatic rings. The molecule has 1 atom stereocenters. The molecule has 6 heteroatoms. The Hall–Kier alpha value is -0.580. The Morgan fingerprint density at radius 2 is 2.00 bits per heavy atom. The van der Waals surface area contributed by atoms with Crippen molar-refractivity contribution in [1.82, 2.24) is 8.75 Å². The normalized spacial score (nSPS) is 12.9. The van der Waals surface area contributed by atoms with Gasteiger partial charge in [0.2, 0.25) is 0 Å². The molecule has 0 saturated carbocycles. The predicted molar refractivity (Wildman–Crippen MR) is 75.4 cm³/mol. The predicted octanol–water partition coefficient (Wildman–Crippen LogP) is 4.60. The Balaban J connectivity index is 2.42. The maximum Gasteiger partial charge on any atom is 0.130 e. The van der Waals surface area contributed by atoms with Crippen LogP contribution >= 0.6 is 34.9 Å². The van der Waals surface area contributed by atoms with Crippen LogP contribution in [0.1, 0.15) is 26.7 Å². The van der Waals surface area contributed by atoms with E-state index in [1.54, 1.807) is 6.07 Å². The Morgan fingerprint density at radius 1 is 1.29 bits per heavy atom. The third-order valence-electron chi connectivity index (χ3n) is 2.56. The largest absolute Gasteiger partial charge is 0.380 e. The molecule has 0 aliphatic rings. The van der Waals surface area contributed by atoms with E-state index in [9.17, 15) is 0 Å². The number of hydrogen-bond acceptors (Lipinski definition) is 4. The van der Waals surface area contributed by atoms with E-state index in [4.69, 9.17) is 23.2 Å². The van der Waals surface area contributed by atoms with E-state index in [2.05, 4.69) is 27.9 Å². The average Bonchev–Trinajstić information content (AvgIpc) is 2.73. The van der Waals surface area contributed by atoms with E-state index in [0.717, 1.165) is 35.8 Å². The van der Waals surface area contributed by atoms with E-state index in [1.807, 2.05) is 0 Å². The molecule has 0 spiro atoms. The molecular weight excluding hydrogens is 277 g/mol. The maximum absolute atomic E-state index is 6.20. The third-order valence-corrected chi connectivity index (χ3v) is 3.67. The van der Waals surface area contributed by atoms with Crippen LogP contribution in [0.3, 0.4) is 0 Å². The summed E-state index contributed by atoms with van der Waals surface area (Å²) in [6.07, 6.45) is 2.20. The van der Waals surface area contributed by atoms with E-state index < -0.39 is 0 Å². The summed E-state index contributed by atoms with van der Waals surface area (Å²) in [7, 11) is 0. The summed E-state index contributed by atoms with van der Waals surface area (Å²) >= 11 is 13.4. The number of nitrogens with one attached hydrogen (secondary N) is 1. The molecule has 1 heterocycles. The van der Waals surface area contributed by atoms with Gasteiger partial charge in [-0.2, -0.15) is 8.75 Å². The topological polar surface area (TPSA) is 37.8 Å². The van der Waals surface area contributed by atoms with Gasteiger partial charge in [-0.05, 0) is 19.4 Å². The third kappa shape index (κ3) is 2.64. The van der Waals surface area contributed by atoms with Crippen LogP contribution in [0.2, 0.25) is 10.0 Å². The zero-order valence-electron chi connectivity index (χ0n) is 9.63. The lowest BCUT2D eigenvalue weighted by molar-refractivity contribution is 0.691. The highest BCUT2D eigenvalue weighted by Crippen LogP contribution is 2.35. The summed E-state index contributed by atoms with van der Waals surface area (Å²) in [6, 6.07) is 2.07. The van der Waals surface area contributed by atoms with Crippen molar-refractivity contribution >= 4 is 51.7 Å². The number of fused-ring (bicyclic) bond motifs is 1. The number of rotatable bonds is 4. The molecule has 0 saturated heterocycles. The minimum absolute atomic E-state index is 0.351. The quantitative estimate of drug-likeness (QED) is 0.894. The summed E-state index contributed by atoms with van der Waals surface area (Å²) < 4.78 is 8.43. The molecule has 0 amide bonds. The first kappa shape index (κ1) is 12.9. The van der Waals surface area contributed by atoms with Gasteiger partial charge in [0.05, 0.1) is 27.5 Å². The molecular formula is C11H13Cl2N3S. The van der Waals surface area contributed by atoms with Gasteiger partial charge in [-0.25, -0.2) is 0 Å². The van der Waals surface area contributed by atoms with Crippen LogP contribution in [0, 0.1) is 0 Å². The molecule has 0 bridgehead atoms. The molecule has 17 heavy (non-hydrogen) atoms. The molecule has 0 radical (unpaired) electrons. The van der Waals surface area contributed by atoms with Gasteiger partial charge in [-0.3, -0.25) is 0 Å². The van der Waals surface area contributed by atoms with Crippen molar-refractivity contribution in [2.24, 2.45) is 0 Å². The highest BCUT2D eigenvalue weighted by Gasteiger charge is 2.15. The van der Waals surface area contributed by atoms with Gasteiger partial charge in [0, 0.05) is 6.04 Å². The maximum atomic E-state index is 6.20. The van der Waals surface area contributed by atoms with Crippen molar-refractivity contribution in [2.45, 2.75) is 32.7 Å². The first-order chi connectivity index (χ1) is 8.13. The SMILES string of the molecule is CCCC(C)Nc1c(Cl)cc(Cl)c2nsnc12. The zero-order valence-corrected chi connectivity index (χ0v) is 12.0. The zero-order chi connectivity index (χ0) is 12.4. The summed E-state index contributed by atoms with van der Waals surface area (Å²) in [5.74, 6) is 0. The number of nitrogens with zero attached hydrogens (tertiary/aromatic N) is 2. The van der Waals surface area contributed by atoms with Crippen molar-refractivity contribution in [3.05, 3.63) is 16.1 Å². The molecule has 0 aliphatic carbocycles. The molecule has 1 aromatic heterocycles. The molecule has 1 aromatic carbocycles. The fraction of sp³-hybridized carbons (Fsp3) is 0.455. The standard InChI is InChI=1S/C11H13Cl2N3S/c1-3-4-6(2)14-9-7(12)5-8(13)10-11(9)16-17-15-10/h5-6,14H,3-4H2,1-2H3. The van der Waals surface area contributed by atoms with Crippen molar-refractivity contribution < 1.29 is 0 Å². The molecule has 92 valence electrons. The van der Waals surface area contributed by atoms with Crippen LogP contribution in [0.25, 0.3) is 11.0 Å². The molecule has 3 nitrogen and oxygen atoms in total. The summed E-state index contributed by atoms with van der Waals surface area (Å²) in [5, 5.41) is 4.53.